The van der Waals surface area contributed by atoms with E-state index in [4.69, 9.17) is 0 Å². The Kier molecular flexibility index (Phi) is 4.53. The van der Waals surface area contributed by atoms with E-state index in [0.29, 0.717) is 0 Å². The molecule has 0 amide bonds. The van der Waals surface area contributed by atoms with Gasteiger partial charge in [-0.15, -0.1) is 0 Å². The van der Waals surface area contributed by atoms with Crippen LogP contribution in [0.3, 0.4) is 0 Å². The van der Waals surface area contributed by atoms with Crippen LogP contribution >= 0.6 is 15.9 Å². The fourth-order valence-corrected chi connectivity index (χ4v) is 6.78. The van der Waals surface area contributed by atoms with Crippen molar-refractivity contribution in [3.05, 3.63) is 135 Å². The van der Waals surface area contributed by atoms with Gasteiger partial charge >= 0.3 is 0 Å². The standard InChI is InChI=1S/C33H26BrN/c1-21-10-14-23(15-11-21)33(24-16-12-22(2)13-17-24)28-8-5-7-27-26-6-3-4-9-30(26)35(32(27)28)31-19-18-25(34)20-29(31)33/h3-12,14-16,18-20H,13,17H2,1-2H3. The number of benzene rings is 4. The lowest BCUT2D eigenvalue weighted by atomic mass is 9.61. The van der Waals surface area contributed by atoms with Crippen molar-refractivity contribution in [1.82, 2.24) is 4.57 Å². The smallest absolute Gasteiger partial charge is 0.0706 e. The molecule has 0 radical (unpaired) electrons. The third-order valence-corrected chi connectivity index (χ3v) is 8.52. The van der Waals surface area contributed by atoms with Gasteiger partial charge in [0.15, 0.2) is 0 Å². The molecular weight excluding hydrogens is 490 g/mol. The Labute approximate surface area is 214 Å². The molecule has 0 saturated heterocycles. The number of rotatable bonds is 2. The third-order valence-electron chi connectivity index (χ3n) is 8.03. The van der Waals surface area contributed by atoms with Crippen LogP contribution in [0.2, 0.25) is 0 Å². The molecule has 0 fully saturated rings. The Bertz CT molecular complexity index is 1710. The lowest BCUT2D eigenvalue weighted by Gasteiger charge is -2.44. The molecule has 35 heavy (non-hydrogen) atoms. The number of aromatic nitrogens is 1. The van der Waals surface area contributed by atoms with Gasteiger partial charge in [-0.1, -0.05) is 105 Å². The fourth-order valence-electron chi connectivity index (χ4n) is 6.42. The van der Waals surface area contributed by atoms with E-state index in [0.717, 1.165) is 17.3 Å². The summed E-state index contributed by atoms with van der Waals surface area (Å²) in [4.78, 5) is 0. The average molecular weight is 516 g/mol. The summed E-state index contributed by atoms with van der Waals surface area (Å²) in [5.74, 6) is 0. The van der Waals surface area contributed by atoms with E-state index in [9.17, 15) is 0 Å². The summed E-state index contributed by atoms with van der Waals surface area (Å²) >= 11 is 3.84. The monoisotopic (exact) mass is 515 g/mol. The van der Waals surface area contributed by atoms with E-state index >= 15 is 0 Å². The summed E-state index contributed by atoms with van der Waals surface area (Å²) in [5.41, 5.74) is 11.8. The lowest BCUT2D eigenvalue weighted by molar-refractivity contribution is 0.659. The summed E-state index contributed by atoms with van der Waals surface area (Å²) in [5, 5.41) is 2.64. The van der Waals surface area contributed by atoms with E-state index in [-0.39, 0.29) is 5.41 Å². The van der Waals surface area contributed by atoms with Crippen LogP contribution in [-0.2, 0) is 5.41 Å². The van der Waals surface area contributed by atoms with Crippen LogP contribution in [0.5, 0.6) is 0 Å². The van der Waals surface area contributed by atoms with Gasteiger partial charge in [-0.05, 0) is 67.6 Å². The first-order valence-corrected chi connectivity index (χ1v) is 13.2. The SMILES string of the molecule is CC1=CC=C(C2(c3ccc(C)cc3)c3cc(Br)ccc3-n3c4ccccc4c4cccc2c43)CC1. The number of hydrogen-bond donors (Lipinski definition) is 0. The minimum atomic E-state index is -0.353. The van der Waals surface area contributed by atoms with Gasteiger partial charge < -0.3 is 4.57 Å². The Balaban J connectivity index is 1.75. The van der Waals surface area contributed by atoms with E-state index < -0.39 is 0 Å². The fraction of sp³-hybridized carbons (Fsp3) is 0.152. The Morgan fingerprint density at radius 2 is 1.54 bits per heavy atom. The molecule has 0 N–H and O–H groups in total. The molecule has 0 spiro atoms. The quantitative estimate of drug-likeness (QED) is 0.220. The van der Waals surface area contributed by atoms with Crippen LogP contribution in [0.15, 0.2) is 113 Å². The largest absolute Gasteiger partial charge is 0.309 e. The highest BCUT2D eigenvalue weighted by Crippen LogP contribution is 2.56. The molecule has 170 valence electrons. The first-order chi connectivity index (χ1) is 17.1. The normalized spacial score (nSPS) is 18.9. The van der Waals surface area contributed by atoms with Crippen molar-refractivity contribution in [3.63, 3.8) is 0 Å². The molecule has 1 aromatic heterocycles. The molecule has 2 heterocycles. The van der Waals surface area contributed by atoms with Crippen molar-refractivity contribution in [2.75, 3.05) is 0 Å². The minimum Gasteiger partial charge on any atom is -0.309 e. The Hall–Kier alpha value is -3.36. The van der Waals surface area contributed by atoms with Crippen LogP contribution in [0.4, 0.5) is 0 Å². The maximum atomic E-state index is 3.84. The minimum absolute atomic E-state index is 0.353. The van der Waals surface area contributed by atoms with Gasteiger partial charge in [-0.3, -0.25) is 0 Å². The van der Waals surface area contributed by atoms with Gasteiger partial charge in [0.25, 0.3) is 0 Å². The number of allylic oxidation sites excluding steroid dienone is 4. The van der Waals surface area contributed by atoms with Crippen LogP contribution in [0.25, 0.3) is 27.5 Å². The first-order valence-electron chi connectivity index (χ1n) is 12.4. The molecule has 1 nitrogen and oxygen atoms in total. The van der Waals surface area contributed by atoms with Gasteiger partial charge in [0, 0.05) is 15.2 Å². The van der Waals surface area contributed by atoms with Crippen LogP contribution in [0.1, 0.15) is 42.0 Å². The molecule has 5 aromatic rings. The zero-order valence-corrected chi connectivity index (χ0v) is 21.6. The van der Waals surface area contributed by atoms with Crippen LogP contribution < -0.4 is 0 Å². The van der Waals surface area contributed by atoms with Gasteiger partial charge in [0.2, 0.25) is 0 Å². The summed E-state index contributed by atoms with van der Waals surface area (Å²) in [6.45, 7) is 4.42. The predicted octanol–water partition coefficient (Wildman–Crippen LogP) is 9.17. The van der Waals surface area contributed by atoms with Crippen LogP contribution in [0, 0.1) is 6.92 Å². The number of para-hydroxylation sites is 2. The lowest BCUT2D eigenvalue weighted by Crippen LogP contribution is -2.36. The number of halogens is 1. The van der Waals surface area contributed by atoms with Crippen LogP contribution in [-0.4, -0.2) is 4.57 Å². The van der Waals surface area contributed by atoms with E-state index in [1.165, 1.54) is 60.9 Å². The maximum Gasteiger partial charge on any atom is 0.0706 e. The second kappa shape index (κ2) is 7.57. The van der Waals surface area contributed by atoms with Gasteiger partial charge in [0.1, 0.15) is 0 Å². The number of hydrogen-bond acceptors (Lipinski definition) is 0. The van der Waals surface area contributed by atoms with Crippen molar-refractivity contribution >= 4 is 37.7 Å². The Morgan fingerprint density at radius 1 is 0.743 bits per heavy atom. The molecule has 0 bridgehead atoms. The second-order valence-corrected chi connectivity index (χ2v) is 11.0. The highest BCUT2D eigenvalue weighted by molar-refractivity contribution is 9.10. The zero-order valence-electron chi connectivity index (χ0n) is 20.0. The van der Waals surface area contributed by atoms with Gasteiger partial charge in [0.05, 0.1) is 22.1 Å². The summed E-state index contributed by atoms with van der Waals surface area (Å²) in [6.07, 6.45) is 6.89. The van der Waals surface area contributed by atoms with E-state index in [1.54, 1.807) is 0 Å². The highest BCUT2D eigenvalue weighted by Gasteiger charge is 2.46. The predicted molar refractivity (Wildman–Crippen MR) is 151 cm³/mol. The number of fused-ring (bicyclic) bond motifs is 5. The molecule has 2 heteroatoms. The molecule has 2 aliphatic rings. The molecule has 1 aliphatic heterocycles. The van der Waals surface area contributed by atoms with Gasteiger partial charge in [-0.25, -0.2) is 0 Å². The first kappa shape index (κ1) is 21.0. The highest BCUT2D eigenvalue weighted by atomic mass is 79.9. The van der Waals surface area contributed by atoms with E-state index in [1.807, 2.05) is 0 Å². The van der Waals surface area contributed by atoms with Crippen molar-refractivity contribution < 1.29 is 0 Å². The van der Waals surface area contributed by atoms with Crippen molar-refractivity contribution in [3.8, 4) is 5.69 Å². The van der Waals surface area contributed by atoms with Crippen molar-refractivity contribution in [2.45, 2.75) is 32.1 Å². The summed E-state index contributed by atoms with van der Waals surface area (Å²) in [6, 6.07) is 31.8. The molecule has 4 aromatic carbocycles. The maximum absolute atomic E-state index is 3.84. The number of aryl methyl sites for hydroxylation is 1. The topological polar surface area (TPSA) is 4.93 Å². The van der Waals surface area contributed by atoms with Gasteiger partial charge in [-0.2, -0.15) is 0 Å². The molecule has 7 rings (SSSR count). The Morgan fingerprint density at radius 3 is 2.34 bits per heavy atom. The second-order valence-electron chi connectivity index (χ2n) is 10.0. The van der Waals surface area contributed by atoms with Crippen molar-refractivity contribution in [2.24, 2.45) is 0 Å². The average Bonchev–Trinajstić information content (AvgIpc) is 3.22. The van der Waals surface area contributed by atoms with Crippen molar-refractivity contribution in [1.29, 1.82) is 0 Å². The summed E-state index contributed by atoms with van der Waals surface area (Å²) in [7, 11) is 0. The molecule has 1 unspecified atom stereocenters. The molecular formula is C33H26BrN. The summed E-state index contributed by atoms with van der Waals surface area (Å²) < 4.78 is 3.61. The molecule has 1 aliphatic carbocycles. The zero-order chi connectivity index (χ0) is 23.7. The number of nitrogens with zero attached hydrogens (tertiary/aromatic N) is 1. The third kappa shape index (κ3) is 2.81. The molecule has 1 atom stereocenters. The molecule has 0 saturated carbocycles. The van der Waals surface area contributed by atoms with E-state index in [2.05, 4.69) is 131 Å².